The van der Waals surface area contributed by atoms with E-state index in [9.17, 15) is 4.79 Å². The van der Waals surface area contributed by atoms with E-state index in [2.05, 4.69) is 38.0 Å². The van der Waals surface area contributed by atoms with Gasteiger partial charge in [-0.05, 0) is 44.3 Å². The normalized spacial score (nSPS) is 12.0. The molecule has 1 aromatic carbocycles. The summed E-state index contributed by atoms with van der Waals surface area (Å²) in [6.07, 6.45) is 4.06. The van der Waals surface area contributed by atoms with Crippen molar-refractivity contribution in [2.45, 2.75) is 26.8 Å². The van der Waals surface area contributed by atoms with Crippen molar-refractivity contribution in [3.8, 4) is 0 Å². The number of amides is 1. The van der Waals surface area contributed by atoms with Gasteiger partial charge in [0.05, 0.1) is 5.52 Å². The minimum Gasteiger partial charge on any atom is -0.382 e. The second-order valence-electron chi connectivity index (χ2n) is 7.57. The Kier molecular flexibility index (Phi) is 7.86. The zero-order valence-electron chi connectivity index (χ0n) is 19.2. The lowest BCUT2D eigenvalue weighted by atomic mass is 10.1. The second kappa shape index (κ2) is 11.0. The molecule has 8 nitrogen and oxygen atoms in total. The molecule has 170 valence electrons. The molecule has 0 aliphatic heterocycles. The number of para-hydroxylation sites is 1. The summed E-state index contributed by atoms with van der Waals surface area (Å²) >= 11 is 0. The molecular formula is C25H29N7O. The first-order chi connectivity index (χ1) is 15.9. The monoisotopic (exact) mass is 443 g/mol. The molecule has 3 N–H and O–H groups in total. The molecule has 2 heterocycles. The van der Waals surface area contributed by atoms with Crippen LogP contribution in [0.4, 0.5) is 5.82 Å². The van der Waals surface area contributed by atoms with Crippen LogP contribution >= 0.6 is 0 Å². The van der Waals surface area contributed by atoms with E-state index in [0.29, 0.717) is 0 Å². The number of carbonyl (C=O) groups excluding carboxylic acids is 1. The summed E-state index contributed by atoms with van der Waals surface area (Å²) in [5, 5.41) is 3.88. The van der Waals surface area contributed by atoms with Crippen molar-refractivity contribution in [3.63, 3.8) is 0 Å². The van der Waals surface area contributed by atoms with Gasteiger partial charge in [-0.25, -0.2) is 9.98 Å². The first kappa shape index (κ1) is 23.6. The number of anilines is 1. The highest BCUT2D eigenvalue weighted by molar-refractivity contribution is 5.94. The smallest absolute Gasteiger partial charge is 0.273 e. The Hall–Kier alpha value is -4.07. The van der Waals surface area contributed by atoms with Gasteiger partial charge in [0.25, 0.3) is 5.91 Å². The molecule has 0 fully saturated rings. The van der Waals surface area contributed by atoms with Gasteiger partial charge < -0.3 is 16.0 Å². The molecule has 0 radical (unpaired) electrons. The first-order valence-corrected chi connectivity index (χ1v) is 10.7. The van der Waals surface area contributed by atoms with Crippen molar-refractivity contribution in [3.05, 3.63) is 77.0 Å². The summed E-state index contributed by atoms with van der Waals surface area (Å²) in [5.74, 6) is 0.370. The molecule has 0 aliphatic carbocycles. The molecule has 0 atom stereocenters. The summed E-state index contributed by atoms with van der Waals surface area (Å²) < 4.78 is 0. The number of nitrogens with two attached hydrogens (primary N) is 1. The number of pyridine rings is 2. The molecule has 0 saturated carbocycles. The van der Waals surface area contributed by atoms with Gasteiger partial charge in [0.1, 0.15) is 5.82 Å². The van der Waals surface area contributed by atoms with Gasteiger partial charge >= 0.3 is 0 Å². The molecule has 0 spiro atoms. The molecule has 1 amide bonds. The van der Waals surface area contributed by atoms with Gasteiger partial charge in [-0.2, -0.15) is 0 Å². The number of nitrogens with zero attached hydrogens (tertiary/aromatic N) is 5. The van der Waals surface area contributed by atoms with Crippen LogP contribution in [0.5, 0.6) is 0 Å². The van der Waals surface area contributed by atoms with Crippen molar-refractivity contribution >= 4 is 35.6 Å². The second-order valence-corrected chi connectivity index (χ2v) is 7.57. The van der Waals surface area contributed by atoms with Crippen LogP contribution in [0.15, 0.2) is 70.2 Å². The number of hydrogen-bond acceptors (Lipinski definition) is 7. The van der Waals surface area contributed by atoms with Crippen molar-refractivity contribution in [2.75, 3.05) is 18.5 Å². The Morgan fingerprint density at radius 1 is 1.27 bits per heavy atom. The fourth-order valence-corrected chi connectivity index (χ4v) is 3.50. The summed E-state index contributed by atoms with van der Waals surface area (Å²) in [5.41, 5.74) is 9.74. The number of carbonyl (C=O) groups is 1. The van der Waals surface area contributed by atoms with E-state index < -0.39 is 5.91 Å². The summed E-state index contributed by atoms with van der Waals surface area (Å²) in [7, 11) is 1.99. The van der Waals surface area contributed by atoms with Gasteiger partial charge in [-0.3, -0.25) is 14.8 Å². The van der Waals surface area contributed by atoms with E-state index in [1.54, 1.807) is 13.1 Å². The lowest BCUT2D eigenvalue weighted by molar-refractivity contribution is -0.117. The number of nitrogens with one attached hydrogen (secondary N) is 1. The molecule has 8 heteroatoms. The van der Waals surface area contributed by atoms with E-state index in [1.807, 2.05) is 50.4 Å². The Morgan fingerprint density at radius 2 is 2.09 bits per heavy atom. The number of hydrogen-bond donors (Lipinski definition) is 2. The van der Waals surface area contributed by atoms with E-state index in [0.717, 1.165) is 46.5 Å². The zero-order valence-corrected chi connectivity index (χ0v) is 19.2. The number of aryl methyl sites for hydroxylation is 1. The van der Waals surface area contributed by atoms with E-state index in [4.69, 9.17) is 10.7 Å². The number of fused-ring (bicyclic) bond motifs is 1. The maximum absolute atomic E-state index is 12.7. The Morgan fingerprint density at radius 3 is 2.79 bits per heavy atom. The van der Waals surface area contributed by atoms with Crippen molar-refractivity contribution in [1.29, 1.82) is 0 Å². The first-order valence-electron chi connectivity index (χ1n) is 10.7. The van der Waals surface area contributed by atoms with Crippen LogP contribution in [0.2, 0.25) is 0 Å². The van der Waals surface area contributed by atoms with Gasteiger partial charge in [0.15, 0.2) is 11.5 Å². The zero-order chi connectivity index (χ0) is 23.8. The van der Waals surface area contributed by atoms with E-state index in [1.165, 1.54) is 6.21 Å². The molecule has 3 rings (SSSR count). The fraction of sp³-hybridized carbons (Fsp3) is 0.240. The predicted molar refractivity (Wildman–Crippen MR) is 134 cm³/mol. The van der Waals surface area contributed by atoms with Gasteiger partial charge in [0, 0.05) is 55.6 Å². The molecule has 33 heavy (non-hydrogen) atoms. The van der Waals surface area contributed by atoms with Gasteiger partial charge in [-0.1, -0.05) is 24.3 Å². The highest BCUT2D eigenvalue weighted by atomic mass is 16.2. The van der Waals surface area contributed by atoms with Gasteiger partial charge in [-0.15, -0.1) is 0 Å². The Bertz CT molecular complexity index is 1200. The molecule has 2 aromatic heterocycles. The molecule has 0 unspecified atom stereocenters. The van der Waals surface area contributed by atoms with Crippen LogP contribution in [0.25, 0.3) is 10.9 Å². The lowest BCUT2D eigenvalue weighted by Crippen LogP contribution is -2.28. The summed E-state index contributed by atoms with van der Waals surface area (Å²) in [4.78, 5) is 31.8. The van der Waals surface area contributed by atoms with Crippen LogP contribution in [-0.4, -0.2) is 42.4 Å². The topological polar surface area (TPSA) is 109 Å². The molecular weight excluding hydrogens is 414 g/mol. The molecule has 0 saturated heterocycles. The number of aliphatic imine (C=N–C) groups is 2. The number of benzene rings is 1. The van der Waals surface area contributed by atoms with Crippen LogP contribution in [0, 0.1) is 6.92 Å². The summed E-state index contributed by atoms with van der Waals surface area (Å²) in [6, 6.07) is 14.0. The van der Waals surface area contributed by atoms with Crippen molar-refractivity contribution in [1.82, 2.24) is 15.3 Å². The van der Waals surface area contributed by atoms with Crippen molar-refractivity contribution in [2.24, 2.45) is 15.7 Å². The van der Waals surface area contributed by atoms with Crippen LogP contribution < -0.4 is 16.0 Å². The minimum atomic E-state index is -0.445. The lowest BCUT2D eigenvalue weighted by Gasteiger charge is -2.22. The Balaban J connectivity index is 1.90. The number of likely N-dealkylation sites (N-methyl/N-ethyl adjacent to an activating group) is 1. The van der Waals surface area contributed by atoms with Crippen LogP contribution in [-0.2, 0) is 17.8 Å². The molecule has 0 aliphatic rings. The maximum Gasteiger partial charge on any atom is 0.273 e. The third-order valence-corrected chi connectivity index (χ3v) is 5.22. The molecule has 0 bridgehead atoms. The quantitative estimate of drug-likeness (QED) is 0.390. The predicted octanol–water partition coefficient (Wildman–Crippen LogP) is 3.15. The summed E-state index contributed by atoms with van der Waals surface area (Å²) in [6.45, 7) is 8.16. The third-order valence-electron chi connectivity index (χ3n) is 5.22. The maximum atomic E-state index is 12.7. The van der Waals surface area contributed by atoms with Crippen molar-refractivity contribution < 1.29 is 4.79 Å². The molecule has 3 aromatic rings. The number of rotatable bonds is 9. The standard InChI is InChI=1S/C25H29N7O/c1-5-28-23(26)22(27-3)25(33)30-16-19-15-18-10-8-9-17(2)21(18)31-24(19)32(4)14-12-20-11-6-7-13-29-20/h5-11,13,15H,3,12,14,16,26H2,1-2,4H3,(H,30,33)/b23-22-,28-5?. The Labute approximate surface area is 194 Å². The van der Waals surface area contributed by atoms with Gasteiger partial charge in [0.2, 0.25) is 0 Å². The highest BCUT2D eigenvalue weighted by Crippen LogP contribution is 2.25. The van der Waals surface area contributed by atoms with E-state index >= 15 is 0 Å². The largest absolute Gasteiger partial charge is 0.382 e. The fourth-order valence-electron chi connectivity index (χ4n) is 3.50. The minimum absolute atomic E-state index is 0.0113. The number of aromatic nitrogens is 2. The highest BCUT2D eigenvalue weighted by Gasteiger charge is 2.16. The van der Waals surface area contributed by atoms with Crippen LogP contribution in [0.3, 0.4) is 0 Å². The average molecular weight is 444 g/mol. The van der Waals surface area contributed by atoms with E-state index in [-0.39, 0.29) is 18.1 Å². The van der Waals surface area contributed by atoms with Crippen LogP contribution in [0.1, 0.15) is 23.7 Å². The SMILES string of the molecule is C=N/C(C(=O)NCc1cc2cccc(C)c2nc1N(C)CCc1ccccn1)=C(/N)N=CC. The third kappa shape index (κ3) is 5.79. The average Bonchev–Trinajstić information content (AvgIpc) is 2.82.